The van der Waals surface area contributed by atoms with Gasteiger partial charge in [-0.1, -0.05) is 0 Å². The van der Waals surface area contributed by atoms with Crippen molar-refractivity contribution in [1.29, 1.82) is 0 Å². The molecule has 0 aromatic rings. The molecule has 4 heteroatoms. The highest BCUT2D eigenvalue weighted by atomic mass is 16.5. The van der Waals surface area contributed by atoms with Crippen molar-refractivity contribution >= 4 is 5.97 Å². The minimum Gasteiger partial charge on any atom is -0.481 e. The van der Waals surface area contributed by atoms with E-state index in [4.69, 9.17) is 9.84 Å². The summed E-state index contributed by atoms with van der Waals surface area (Å²) in [4.78, 5) is 10.7. The van der Waals surface area contributed by atoms with Crippen molar-refractivity contribution < 1.29 is 14.6 Å². The van der Waals surface area contributed by atoms with Crippen LogP contribution in [-0.2, 0) is 9.53 Å². The number of rotatable bonds is 8. The van der Waals surface area contributed by atoms with E-state index < -0.39 is 5.97 Å². The van der Waals surface area contributed by atoms with Crippen LogP contribution in [0.5, 0.6) is 0 Å². The average Bonchev–Trinajstić information content (AvgIpc) is 2.13. The number of ether oxygens (including phenoxy) is 1. The van der Waals surface area contributed by atoms with Crippen LogP contribution in [0.1, 0.15) is 39.5 Å². The maximum Gasteiger partial charge on any atom is 0.308 e. The van der Waals surface area contributed by atoms with E-state index in [2.05, 4.69) is 5.32 Å². The highest BCUT2D eigenvalue weighted by molar-refractivity contribution is 5.72. The highest BCUT2D eigenvalue weighted by Crippen LogP contribution is 2.27. The zero-order chi connectivity index (χ0) is 12.0. The Balaban J connectivity index is 1.94. The van der Waals surface area contributed by atoms with E-state index in [9.17, 15) is 4.79 Å². The molecule has 0 radical (unpaired) electrons. The molecule has 1 fully saturated rings. The van der Waals surface area contributed by atoms with Crippen LogP contribution in [-0.4, -0.2) is 36.4 Å². The minimum absolute atomic E-state index is 0.160. The maximum absolute atomic E-state index is 10.7. The number of hydrogen-bond acceptors (Lipinski definition) is 3. The van der Waals surface area contributed by atoms with E-state index in [1.54, 1.807) is 0 Å². The van der Waals surface area contributed by atoms with Gasteiger partial charge in [0.25, 0.3) is 0 Å². The smallest absolute Gasteiger partial charge is 0.308 e. The Morgan fingerprint density at radius 2 is 2.19 bits per heavy atom. The van der Waals surface area contributed by atoms with Gasteiger partial charge in [0.05, 0.1) is 12.0 Å². The molecular weight excluding hydrogens is 206 g/mol. The Hall–Kier alpha value is -0.610. The van der Waals surface area contributed by atoms with Crippen molar-refractivity contribution in [1.82, 2.24) is 5.32 Å². The van der Waals surface area contributed by atoms with Gasteiger partial charge in [0.2, 0.25) is 0 Å². The lowest BCUT2D eigenvalue weighted by Crippen LogP contribution is -2.47. The zero-order valence-electron chi connectivity index (χ0n) is 10.2. The molecular formula is C12H23NO3. The summed E-state index contributed by atoms with van der Waals surface area (Å²) >= 11 is 0. The first kappa shape index (κ1) is 13.5. The number of unbranched alkanes of at least 4 members (excludes halogenated alkanes) is 1. The van der Waals surface area contributed by atoms with E-state index >= 15 is 0 Å². The molecule has 0 spiro atoms. The molecule has 0 heterocycles. The van der Waals surface area contributed by atoms with Gasteiger partial charge in [0.15, 0.2) is 0 Å². The largest absolute Gasteiger partial charge is 0.481 e. The van der Waals surface area contributed by atoms with E-state index in [-0.39, 0.29) is 12.0 Å². The lowest BCUT2D eigenvalue weighted by Gasteiger charge is -2.34. The Kier molecular flexibility index (Phi) is 5.77. The molecule has 0 saturated heterocycles. The van der Waals surface area contributed by atoms with Crippen LogP contribution in [0.15, 0.2) is 0 Å². The summed E-state index contributed by atoms with van der Waals surface area (Å²) in [6, 6.07) is 0.198. The second-order valence-corrected chi connectivity index (χ2v) is 4.71. The summed E-state index contributed by atoms with van der Waals surface area (Å²) in [6.45, 7) is 5.76. The van der Waals surface area contributed by atoms with Crippen LogP contribution in [0, 0.1) is 5.92 Å². The number of carboxylic acids is 1. The minimum atomic E-state index is -0.660. The summed E-state index contributed by atoms with van der Waals surface area (Å²) in [5.74, 6) is -0.821. The number of carbonyl (C=O) groups is 1. The number of nitrogens with one attached hydrogen (secondary N) is 1. The molecule has 1 saturated carbocycles. The average molecular weight is 229 g/mol. The summed E-state index contributed by atoms with van der Waals surface area (Å²) in [6.07, 6.45) is 4.21. The van der Waals surface area contributed by atoms with Gasteiger partial charge >= 0.3 is 5.97 Å². The van der Waals surface area contributed by atoms with Gasteiger partial charge < -0.3 is 15.2 Å². The van der Waals surface area contributed by atoms with Gasteiger partial charge in [-0.15, -0.1) is 0 Å². The molecule has 94 valence electrons. The van der Waals surface area contributed by atoms with Crippen LogP contribution in [0.2, 0.25) is 0 Å². The molecule has 4 nitrogen and oxygen atoms in total. The molecule has 0 amide bonds. The lowest BCUT2D eigenvalue weighted by molar-refractivity contribution is -0.146. The summed E-state index contributed by atoms with van der Waals surface area (Å²) in [5.41, 5.74) is 0. The number of aliphatic carboxylic acids is 1. The van der Waals surface area contributed by atoms with E-state index in [1.165, 1.54) is 0 Å². The monoisotopic (exact) mass is 229 g/mol. The predicted octanol–water partition coefficient (Wildman–Crippen LogP) is 1.64. The second kappa shape index (κ2) is 6.86. The third kappa shape index (κ3) is 4.49. The Morgan fingerprint density at radius 1 is 1.44 bits per heavy atom. The molecule has 0 aromatic heterocycles. The van der Waals surface area contributed by atoms with E-state index in [1.807, 2.05) is 13.8 Å². The molecule has 2 unspecified atom stereocenters. The first-order valence-electron chi connectivity index (χ1n) is 6.19. The van der Waals surface area contributed by atoms with Gasteiger partial charge in [0, 0.05) is 12.6 Å². The van der Waals surface area contributed by atoms with Crippen LogP contribution in [0.4, 0.5) is 0 Å². The van der Waals surface area contributed by atoms with Crippen LogP contribution in [0.25, 0.3) is 0 Å². The molecule has 16 heavy (non-hydrogen) atoms. The third-order valence-electron chi connectivity index (χ3n) is 3.02. The van der Waals surface area contributed by atoms with Crippen molar-refractivity contribution in [3.05, 3.63) is 0 Å². The zero-order valence-corrected chi connectivity index (χ0v) is 10.2. The molecule has 2 N–H and O–H groups in total. The maximum atomic E-state index is 10.7. The summed E-state index contributed by atoms with van der Waals surface area (Å²) in [7, 11) is 0. The van der Waals surface area contributed by atoms with Crippen LogP contribution in [0.3, 0.4) is 0 Å². The fraction of sp³-hybridized carbons (Fsp3) is 0.917. The van der Waals surface area contributed by atoms with Crippen molar-refractivity contribution in [2.45, 2.75) is 51.7 Å². The first-order valence-corrected chi connectivity index (χ1v) is 6.19. The van der Waals surface area contributed by atoms with E-state index in [0.29, 0.717) is 6.10 Å². The van der Waals surface area contributed by atoms with Gasteiger partial charge in [-0.2, -0.15) is 0 Å². The van der Waals surface area contributed by atoms with Gasteiger partial charge in [-0.25, -0.2) is 0 Å². The molecule has 0 aliphatic heterocycles. The normalized spacial score (nSPS) is 24.4. The Labute approximate surface area is 97.4 Å². The van der Waals surface area contributed by atoms with Crippen molar-refractivity contribution in [2.24, 2.45) is 5.92 Å². The highest BCUT2D eigenvalue weighted by Gasteiger charge is 2.35. The predicted molar refractivity (Wildman–Crippen MR) is 62.5 cm³/mol. The Morgan fingerprint density at radius 3 is 2.69 bits per heavy atom. The molecule has 2 atom stereocenters. The van der Waals surface area contributed by atoms with Crippen molar-refractivity contribution in [3.8, 4) is 0 Å². The van der Waals surface area contributed by atoms with Crippen LogP contribution >= 0.6 is 0 Å². The summed E-state index contributed by atoms with van der Waals surface area (Å²) < 4.78 is 5.43. The first-order chi connectivity index (χ1) is 7.61. The van der Waals surface area contributed by atoms with Gasteiger partial charge in [-0.05, 0) is 46.1 Å². The molecule has 0 bridgehead atoms. The fourth-order valence-corrected chi connectivity index (χ4v) is 1.87. The van der Waals surface area contributed by atoms with Crippen molar-refractivity contribution in [3.63, 3.8) is 0 Å². The van der Waals surface area contributed by atoms with Gasteiger partial charge in [0.1, 0.15) is 0 Å². The quantitative estimate of drug-likeness (QED) is 0.621. The summed E-state index contributed by atoms with van der Waals surface area (Å²) in [5, 5.41) is 12.1. The van der Waals surface area contributed by atoms with E-state index in [0.717, 1.165) is 38.8 Å². The SMILES string of the molecule is CC(C)OCCCCNC1CCC1C(=O)O. The lowest BCUT2D eigenvalue weighted by atomic mass is 9.79. The molecule has 0 aromatic carbocycles. The number of carboxylic acid groups (broad SMARTS) is 1. The van der Waals surface area contributed by atoms with Crippen molar-refractivity contribution in [2.75, 3.05) is 13.2 Å². The fourth-order valence-electron chi connectivity index (χ4n) is 1.87. The molecule has 1 aliphatic rings. The topological polar surface area (TPSA) is 58.6 Å². The molecule has 1 rings (SSSR count). The third-order valence-corrected chi connectivity index (χ3v) is 3.02. The van der Waals surface area contributed by atoms with Crippen LogP contribution < -0.4 is 5.32 Å². The standard InChI is InChI=1S/C12H23NO3/c1-9(2)16-8-4-3-7-13-11-6-5-10(11)12(14)15/h9-11,13H,3-8H2,1-2H3,(H,14,15). The molecule has 1 aliphatic carbocycles. The second-order valence-electron chi connectivity index (χ2n) is 4.71. The Bertz CT molecular complexity index is 218. The number of hydrogen-bond donors (Lipinski definition) is 2. The van der Waals surface area contributed by atoms with Gasteiger partial charge in [-0.3, -0.25) is 4.79 Å².